The molecule has 0 aromatic heterocycles. The summed E-state index contributed by atoms with van der Waals surface area (Å²) in [4.78, 5) is 71.3. The Hall–Kier alpha value is -2.78. The molecule has 10 heteroatoms. The van der Waals surface area contributed by atoms with Gasteiger partial charge in [0.25, 0.3) is 23.6 Å². The highest BCUT2D eigenvalue weighted by atomic mass is 16.7. The third-order valence-electron chi connectivity index (χ3n) is 1.58. The minimum absolute atomic E-state index is 0.405. The van der Waals surface area contributed by atoms with Gasteiger partial charge in [-0.25, -0.2) is 9.59 Å². The third-order valence-corrected chi connectivity index (χ3v) is 1.58. The second-order valence-electron chi connectivity index (χ2n) is 3.83. The molecule has 0 aromatic rings. The summed E-state index contributed by atoms with van der Waals surface area (Å²) < 4.78 is 0. The van der Waals surface area contributed by atoms with Gasteiger partial charge in [0.2, 0.25) is 0 Å². The normalized spacial score (nSPS) is 8.64. The van der Waals surface area contributed by atoms with Crippen molar-refractivity contribution in [3.8, 4) is 0 Å². The molecule has 22 heavy (non-hydrogen) atoms. The number of rotatable bonds is 0. The molecule has 0 saturated heterocycles. The Morgan fingerprint density at radius 2 is 0.682 bits per heavy atom. The van der Waals surface area contributed by atoms with E-state index in [2.05, 4.69) is 9.68 Å². The second kappa shape index (κ2) is 10.0. The number of amides is 4. The van der Waals surface area contributed by atoms with Crippen molar-refractivity contribution < 1.29 is 38.4 Å². The number of nitrogens with zero attached hydrogens (tertiary/aromatic N) is 2. The first-order valence-electron chi connectivity index (χ1n) is 5.89. The predicted molar refractivity (Wildman–Crippen MR) is 69.9 cm³/mol. The largest absolute Gasteiger partial charge is 0.331 e. The number of carbonyl (C=O) groups excluding carboxylic acids is 6. The van der Waals surface area contributed by atoms with Gasteiger partial charge in [0.15, 0.2) is 0 Å². The molecule has 0 aliphatic rings. The molecular formula is C12H18N2O8. The Morgan fingerprint density at radius 3 is 0.727 bits per heavy atom. The van der Waals surface area contributed by atoms with E-state index in [1.54, 1.807) is 0 Å². The summed E-state index contributed by atoms with van der Waals surface area (Å²) in [5.41, 5.74) is 0. The zero-order chi connectivity index (χ0) is 18.0. The minimum atomic E-state index is -0.699. The number of imide groups is 2. The molecule has 0 N–H and O–H groups in total. The molecule has 0 bridgehead atoms. The lowest BCUT2D eigenvalue weighted by molar-refractivity contribution is -0.199. The van der Waals surface area contributed by atoms with E-state index in [1.807, 2.05) is 0 Å². The van der Waals surface area contributed by atoms with Crippen LogP contribution in [0.2, 0.25) is 0 Å². The molecule has 0 aromatic carbocycles. The van der Waals surface area contributed by atoms with Crippen LogP contribution in [0, 0.1) is 0 Å². The van der Waals surface area contributed by atoms with Crippen molar-refractivity contribution in [2.24, 2.45) is 0 Å². The lowest BCUT2D eigenvalue weighted by atomic mass is 10.6. The Kier molecular flexibility index (Phi) is 9.80. The van der Waals surface area contributed by atoms with E-state index in [0.29, 0.717) is 10.1 Å². The Bertz CT molecular complexity index is 414. The molecule has 0 saturated carbocycles. The van der Waals surface area contributed by atoms with Crippen LogP contribution in [0.1, 0.15) is 41.5 Å². The van der Waals surface area contributed by atoms with Crippen molar-refractivity contribution in [2.75, 3.05) is 0 Å². The SMILES string of the molecule is CC(=O)ON(C(C)=O)C(C)=O.CC(=O)ON(C(C)=O)C(C)=O. The molecule has 0 fully saturated rings. The van der Waals surface area contributed by atoms with Crippen molar-refractivity contribution in [1.82, 2.24) is 10.1 Å². The van der Waals surface area contributed by atoms with Crippen LogP contribution in [-0.4, -0.2) is 45.7 Å². The molecule has 10 nitrogen and oxygen atoms in total. The fraction of sp³-hybridized carbons (Fsp3) is 0.500. The van der Waals surface area contributed by atoms with E-state index >= 15 is 0 Å². The van der Waals surface area contributed by atoms with Crippen LogP contribution in [0.3, 0.4) is 0 Å². The standard InChI is InChI=1S/2C6H9NO4/c2*1-4(8)7(5(2)9)11-6(3)10/h2*1-3H3. The first-order chi connectivity index (χ1) is 9.89. The van der Waals surface area contributed by atoms with Gasteiger partial charge in [-0.05, 0) is 0 Å². The third kappa shape index (κ3) is 10.1. The second-order valence-corrected chi connectivity index (χ2v) is 3.83. The van der Waals surface area contributed by atoms with Crippen LogP contribution in [-0.2, 0) is 38.4 Å². The zero-order valence-corrected chi connectivity index (χ0v) is 13.2. The lowest BCUT2D eigenvalue weighted by Crippen LogP contribution is -2.34. The summed E-state index contributed by atoms with van der Waals surface area (Å²) in [6.07, 6.45) is 0. The van der Waals surface area contributed by atoms with Crippen LogP contribution >= 0.6 is 0 Å². The van der Waals surface area contributed by atoms with E-state index in [-0.39, 0.29) is 0 Å². The predicted octanol–water partition coefficient (Wildman–Crippen LogP) is -0.281. The molecular weight excluding hydrogens is 300 g/mol. The maximum atomic E-state index is 10.5. The van der Waals surface area contributed by atoms with Crippen LogP contribution in [0.5, 0.6) is 0 Å². The van der Waals surface area contributed by atoms with E-state index in [9.17, 15) is 28.8 Å². The zero-order valence-electron chi connectivity index (χ0n) is 13.2. The highest BCUT2D eigenvalue weighted by Crippen LogP contribution is 1.93. The van der Waals surface area contributed by atoms with E-state index in [4.69, 9.17) is 0 Å². The average molecular weight is 318 g/mol. The fourth-order valence-electron chi connectivity index (χ4n) is 0.958. The molecule has 0 unspecified atom stereocenters. The Morgan fingerprint density at radius 1 is 0.500 bits per heavy atom. The highest BCUT2D eigenvalue weighted by molar-refractivity contribution is 5.93. The maximum Gasteiger partial charge on any atom is 0.330 e. The molecule has 0 aliphatic carbocycles. The Balaban J connectivity index is 0. The lowest BCUT2D eigenvalue weighted by Gasteiger charge is -2.13. The molecule has 4 amide bonds. The van der Waals surface area contributed by atoms with Gasteiger partial charge in [-0.2, -0.15) is 0 Å². The molecule has 0 atom stereocenters. The molecule has 124 valence electrons. The average Bonchev–Trinajstić information content (AvgIpc) is 2.32. The van der Waals surface area contributed by atoms with Crippen LogP contribution < -0.4 is 0 Å². The smallest absolute Gasteiger partial charge is 0.330 e. The summed E-state index contributed by atoms with van der Waals surface area (Å²) in [5, 5.41) is 0.810. The van der Waals surface area contributed by atoms with Crippen molar-refractivity contribution in [1.29, 1.82) is 0 Å². The number of carbonyl (C=O) groups is 6. The first kappa shape index (κ1) is 21.5. The summed E-state index contributed by atoms with van der Waals surface area (Å²) >= 11 is 0. The summed E-state index contributed by atoms with van der Waals surface area (Å²) in [6, 6.07) is 0. The van der Waals surface area contributed by atoms with Gasteiger partial charge in [-0.3, -0.25) is 19.2 Å². The fourth-order valence-corrected chi connectivity index (χ4v) is 0.958. The van der Waals surface area contributed by atoms with E-state index in [0.717, 1.165) is 41.5 Å². The number of hydrogen-bond donors (Lipinski definition) is 0. The highest BCUT2D eigenvalue weighted by Gasteiger charge is 2.17. The molecule has 0 rings (SSSR count). The Labute approximate surface area is 126 Å². The molecule has 0 radical (unpaired) electrons. The monoisotopic (exact) mass is 318 g/mol. The molecule has 0 spiro atoms. The minimum Gasteiger partial charge on any atom is -0.331 e. The van der Waals surface area contributed by atoms with Crippen molar-refractivity contribution >= 4 is 35.6 Å². The summed E-state index contributed by atoms with van der Waals surface area (Å²) in [5.74, 6) is -3.87. The van der Waals surface area contributed by atoms with Gasteiger partial charge < -0.3 is 9.68 Å². The van der Waals surface area contributed by atoms with Crippen molar-refractivity contribution in [3.05, 3.63) is 0 Å². The topological polar surface area (TPSA) is 127 Å². The maximum absolute atomic E-state index is 10.5. The van der Waals surface area contributed by atoms with Gasteiger partial charge in [-0.1, -0.05) is 0 Å². The molecule has 0 heterocycles. The van der Waals surface area contributed by atoms with Crippen LogP contribution in [0.15, 0.2) is 0 Å². The van der Waals surface area contributed by atoms with Crippen molar-refractivity contribution in [2.45, 2.75) is 41.5 Å². The first-order valence-corrected chi connectivity index (χ1v) is 5.89. The van der Waals surface area contributed by atoms with E-state index in [1.165, 1.54) is 0 Å². The molecule has 0 aliphatic heterocycles. The van der Waals surface area contributed by atoms with Gasteiger partial charge in [0.05, 0.1) is 0 Å². The quantitative estimate of drug-likeness (QED) is 0.558. The summed E-state index contributed by atoms with van der Waals surface area (Å²) in [6.45, 7) is 6.74. The van der Waals surface area contributed by atoms with E-state index < -0.39 is 35.6 Å². The summed E-state index contributed by atoms with van der Waals surface area (Å²) in [7, 11) is 0. The van der Waals surface area contributed by atoms with Gasteiger partial charge in [0, 0.05) is 41.5 Å². The van der Waals surface area contributed by atoms with Crippen molar-refractivity contribution in [3.63, 3.8) is 0 Å². The van der Waals surface area contributed by atoms with Gasteiger partial charge in [0.1, 0.15) is 0 Å². The van der Waals surface area contributed by atoms with Crippen LogP contribution in [0.4, 0.5) is 0 Å². The van der Waals surface area contributed by atoms with Gasteiger partial charge in [-0.15, -0.1) is 10.1 Å². The number of hydrogen-bond acceptors (Lipinski definition) is 8. The van der Waals surface area contributed by atoms with Crippen LogP contribution in [0.25, 0.3) is 0 Å². The van der Waals surface area contributed by atoms with Gasteiger partial charge >= 0.3 is 11.9 Å². The number of hydroxylamine groups is 4.